The molecular weight excluding hydrogens is 176 g/mol. The molecule has 2 aliphatic heterocycles. The monoisotopic (exact) mass is 190 g/mol. The molecule has 74 valence electrons. The van der Waals surface area contributed by atoms with E-state index >= 15 is 0 Å². The van der Waals surface area contributed by atoms with Gasteiger partial charge in [-0.2, -0.15) is 0 Å². The van der Waals surface area contributed by atoms with Crippen LogP contribution in [0.3, 0.4) is 0 Å². The largest absolute Gasteiger partial charge is 0.488 e. The van der Waals surface area contributed by atoms with Crippen molar-refractivity contribution in [2.45, 2.75) is 12.5 Å². The molecule has 0 atom stereocenters. The third-order valence-corrected chi connectivity index (χ3v) is 2.83. The molecular formula is C11H14N2O. The number of anilines is 1. The predicted molar refractivity (Wildman–Crippen MR) is 55.9 cm³/mol. The first-order valence-corrected chi connectivity index (χ1v) is 5.16. The summed E-state index contributed by atoms with van der Waals surface area (Å²) in [5.41, 5.74) is 2.65. The number of nitrogens with one attached hydrogen (secondary N) is 2. The molecule has 0 aliphatic carbocycles. The van der Waals surface area contributed by atoms with E-state index in [1.54, 1.807) is 0 Å². The first-order valence-electron chi connectivity index (χ1n) is 5.16. The van der Waals surface area contributed by atoms with Crippen LogP contribution in [0.15, 0.2) is 18.2 Å². The Morgan fingerprint density at radius 2 is 2.21 bits per heavy atom. The summed E-state index contributed by atoms with van der Waals surface area (Å²) in [7, 11) is 0. The van der Waals surface area contributed by atoms with Crippen LogP contribution in [0, 0.1) is 0 Å². The van der Waals surface area contributed by atoms with Crippen LogP contribution in [0.1, 0.15) is 5.56 Å². The molecule has 0 amide bonds. The third kappa shape index (κ3) is 1.34. The van der Waals surface area contributed by atoms with Crippen molar-refractivity contribution < 1.29 is 4.74 Å². The molecule has 0 aromatic heterocycles. The molecule has 2 heterocycles. The maximum Gasteiger partial charge on any atom is 0.123 e. The third-order valence-electron chi connectivity index (χ3n) is 2.83. The number of rotatable bonds is 2. The van der Waals surface area contributed by atoms with Gasteiger partial charge in [0.05, 0.1) is 0 Å². The summed E-state index contributed by atoms with van der Waals surface area (Å²) >= 11 is 0. The Bertz CT molecular complexity index is 347. The van der Waals surface area contributed by atoms with Gasteiger partial charge < -0.3 is 15.4 Å². The summed E-state index contributed by atoms with van der Waals surface area (Å²) in [4.78, 5) is 0. The molecule has 0 radical (unpaired) electrons. The molecule has 0 saturated carbocycles. The highest BCUT2D eigenvalue weighted by molar-refractivity contribution is 5.57. The van der Waals surface area contributed by atoms with Gasteiger partial charge in [0.15, 0.2) is 0 Å². The van der Waals surface area contributed by atoms with Crippen molar-refractivity contribution >= 4 is 5.69 Å². The van der Waals surface area contributed by atoms with Gasteiger partial charge in [-0.15, -0.1) is 0 Å². The minimum absolute atomic E-state index is 0.377. The van der Waals surface area contributed by atoms with Crippen LogP contribution in [0.2, 0.25) is 0 Å². The van der Waals surface area contributed by atoms with Gasteiger partial charge in [-0.1, -0.05) is 0 Å². The van der Waals surface area contributed by atoms with Crippen LogP contribution in [-0.4, -0.2) is 25.7 Å². The van der Waals surface area contributed by atoms with E-state index in [4.69, 9.17) is 4.74 Å². The highest BCUT2D eigenvalue weighted by Gasteiger charge is 2.19. The molecule has 1 aromatic carbocycles. The lowest BCUT2D eigenvalue weighted by atomic mass is 10.1. The van der Waals surface area contributed by atoms with Gasteiger partial charge in [0.1, 0.15) is 11.9 Å². The minimum atomic E-state index is 0.377. The smallest absolute Gasteiger partial charge is 0.123 e. The number of benzene rings is 1. The first-order chi connectivity index (χ1) is 6.92. The standard InChI is InChI=1S/C11H14N2O/c1-2-11-8(3-4-13-11)5-9(1)14-10-6-12-7-10/h1-2,5,10,12-13H,3-4,6-7H2. The predicted octanol–water partition coefficient (Wildman–Crippen LogP) is 1.01. The van der Waals surface area contributed by atoms with Crippen LogP contribution in [0.4, 0.5) is 5.69 Å². The number of fused-ring (bicyclic) bond motifs is 1. The Hall–Kier alpha value is -1.22. The van der Waals surface area contributed by atoms with Crippen molar-refractivity contribution in [2.75, 3.05) is 25.0 Å². The van der Waals surface area contributed by atoms with E-state index in [-0.39, 0.29) is 0 Å². The highest BCUT2D eigenvalue weighted by Crippen LogP contribution is 2.27. The number of hydrogen-bond donors (Lipinski definition) is 2. The maximum absolute atomic E-state index is 5.79. The molecule has 1 saturated heterocycles. The van der Waals surface area contributed by atoms with E-state index in [0.717, 1.165) is 31.8 Å². The van der Waals surface area contributed by atoms with Gasteiger partial charge in [-0.3, -0.25) is 0 Å². The second kappa shape index (κ2) is 3.17. The molecule has 0 spiro atoms. The Labute approximate surface area is 83.5 Å². The van der Waals surface area contributed by atoms with Crippen LogP contribution in [0.25, 0.3) is 0 Å². The Morgan fingerprint density at radius 3 is 3.00 bits per heavy atom. The molecule has 3 heteroatoms. The Kier molecular flexibility index (Phi) is 1.84. The van der Waals surface area contributed by atoms with E-state index < -0.39 is 0 Å². The second-order valence-corrected chi connectivity index (χ2v) is 3.89. The Morgan fingerprint density at radius 1 is 1.29 bits per heavy atom. The first kappa shape index (κ1) is 8.12. The lowest BCUT2D eigenvalue weighted by Gasteiger charge is -2.27. The van der Waals surface area contributed by atoms with Crippen LogP contribution < -0.4 is 15.4 Å². The summed E-state index contributed by atoms with van der Waals surface area (Å²) in [5.74, 6) is 1.01. The fourth-order valence-electron chi connectivity index (χ4n) is 1.89. The van der Waals surface area contributed by atoms with Gasteiger partial charge in [-0.25, -0.2) is 0 Å². The van der Waals surface area contributed by atoms with E-state index in [1.165, 1.54) is 11.3 Å². The summed E-state index contributed by atoms with van der Waals surface area (Å²) in [6, 6.07) is 6.33. The van der Waals surface area contributed by atoms with Gasteiger partial charge in [0, 0.05) is 25.3 Å². The average Bonchev–Trinajstić information content (AvgIpc) is 2.58. The topological polar surface area (TPSA) is 33.3 Å². The second-order valence-electron chi connectivity index (χ2n) is 3.89. The zero-order valence-corrected chi connectivity index (χ0v) is 8.05. The fourth-order valence-corrected chi connectivity index (χ4v) is 1.89. The van der Waals surface area contributed by atoms with Gasteiger partial charge >= 0.3 is 0 Å². The molecule has 2 N–H and O–H groups in total. The highest BCUT2D eigenvalue weighted by atomic mass is 16.5. The zero-order valence-electron chi connectivity index (χ0n) is 8.05. The molecule has 3 nitrogen and oxygen atoms in total. The molecule has 3 rings (SSSR count). The van der Waals surface area contributed by atoms with Crippen molar-refractivity contribution in [3.05, 3.63) is 23.8 Å². The van der Waals surface area contributed by atoms with Crippen LogP contribution in [-0.2, 0) is 6.42 Å². The van der Waals surface area contributed by atoms with Crippen molar-refractivity contribution in [1.82, 2.24) is 5.32 Å². The van der Waals surface area contributed by atoms with Crippen LogP contribution in [0.5, 0.6) is 5.75 Å². The molecule has 2 aliphatic rings. The minimum Gasteiger partial charge on any atom is -0.488 e. The van der Waals surface area contributed by atoms with Gasteiger partial charge in [0.25, 0.3) is 0 Å². The van der Waals surface area contributed by atoms with E-state index in [9.17, 15) is 0 Å². The van der Waals surface area contributed by atoms with Crippen molar-refractivity contribution in [2.24, 2.45) is 0 Å². The fraction of sp³-hybridized carbons (Fsp3) is 0.455. The van der Waals surface area contributed by atoms with Crippen LogP contribution >= 0.6 is 0 Å². The quantitative estimate of drug-likeness (QED) is 0.730. The van der Waals surface area contributed by atoms with Crippen molar-refractivity contribution in [3.8, 4) is 5.75 Å². The number of ether oxygens (including phenoxy) is 1. The lowest BCUT2D eigenvalue weighted by molar-refractivity contribution is 0.142. The van der Waals surface area contributed by atoms with E-state index in [2.05, 4.69) is 28.8 Å². The number of hydrogen-bond acceptors (Lipinski definition) is 3. The SMILES string of the molecule is c1cc2c(cc1OC1CNC1)CCN2. The summed E-state index contributed by atoms with van der Waals surface area (Å²) in [5, 5.41) is 6.54. The van der Waals surface area contributed by atoms with Gasteiger partial charge in [0.2, 0.25) is 0 Å². The Balaban J connectivity index is 1.78. The molecule has 14 heavy (non-hydrogen) atoms. The summed E-state index contributed by atoms with van der Waals surface area (Å²) < 4.78 is 5.79. The summed E-state index contributed by atoms with van der Waals surface area (Å²) in [6.45, 7) is 3.02. The molecule has 0 bridgehead atoms. The maximum atomic E-state index is 5.79. The van der Waals surface area contributed by atoms with Crippen molar-refractivity contribution in [1.29, 1.82) is 0 Å². The zero-order chi connectivity index (χ0) is 9.38. The van der Waals surface area contributed by atoms with E-state index in [0.29, 0.717) is 6.10 Å². The molecule has 0 unspecified atom stereocenters. The summed E-state index contributed by atoms with van der Waals surface area (Å²) in [6.07, 6.45) is 1.50. The molecule has 1 fully saturated rings. The van der Waals surface area contributed by atoms with Crippen molar-refractivity contribution in [3.63, 3.8) is 0 Å². The average molecular weight is 190 g/mol. The molecule has 1 aromatic rings. The lowest BCUT2D eigenvalue weighted by Crippen LogP contribution is -2.50. The van der Waals surface area contributed by atoms with Gasteiger partial charge in [-0.05, 0) is 30.2 Å². The van der Waals surface area contributed by atoms with E-state index in [1.807, 2.05) is 0 Å². The normalized spacial score (nSPS) is 19.7.